The van der Waals surface area contributed by atoms with Crippen molar-refractivity contribution in [2.45, 2.75) is 187 Å². The number of unbranched alkanes of at least 4 members (excludes halogenated alkanes) is 20. The third kappa shape index (κ3) is 36.9. The number of phosphoric acid groups is 1. The van der Waals surface area contributed by atoms with Gasteiger partial charge in [0.25, 0.3) is 0 Å². The molecule has 0 saturated carbocycles. The highest BCUT2D eigenvalue weighted by Gasteiger charge is 2.27. The maximum Gasteiger partial charge on any atom is 0.472 e. The zero-order valence-electron chi connectivity index (χ0n) is 33.8. The first-order valence-corrected chi connectivity index (χ1v) is 22.4. The Morgan fingerprint density at radius 1 is 0.647 bits per heavy atom. The first-order chi connectivity index (χ1) is 24.5. The molecule has 1 amide bonds. The summed E-state index contributed by atoms with van der Waals surface area (Å²) in [5, 5.41) is 13.7. The second-order valence-corrected chi connectivity index (χ2v) is 16.8. The molecule has 9 heteroatoms. The SMILES string of the molecule is CCCCCCCCCCC/C=C/CC/C=C/CC/C=C/C(O)C(COP(=O)(O)OCC[N+](C)(C)C)NC(=O)CCCCCCCCCCCC. The van der Waals surface area contributed by atoms with Crippen molar-refractivity contribution in [1.29, 1.82) is 0 Å². The Bertz CT molecular complexity index is 933. The summed E-state index contributed by atoms with van der Waals surface area (Å²) in [6.45, 7) is 4.75. The number of hydrogen-bond donors (Lipinski definition) is 3. The highest BCUT2D eigenvalue weighted by molar-refractivity contribution is 7.47. The minimum atomic E-state index is -4.34. The van der Waals surface area contributed by atoms with Crippen molar-refractivity contribution in [3.63, 3.8) is 0 Å². The van der Waals surface area contributed by atoms with Gasteiger partial charge in [0.05, 0.1) is 39.9 Å². The lowest BCUT2D eigenvalue weighted by atomic mass is 10.1. The van der Waals surface area contributed by atoms with Crippen molar-refractivity contribution in [3.05, 3.63) is 36.5 Å². The number of aliphatic hydroxyl groups is 1. The van der Waals surface area contributed by atoms with Crippen LogP contribution in [0.4, 0.5) is 0 Å². The highest BCUT2D eigenvalue weighted by atomic mass is 31.2. The Morgan fingerprint density at radius 2 is 1.08 bits per heavy atom. The van der Waals surface area contributed by atoms with E-state index in [4.69, 9.17) is 9.05 Å². The fourth-order valence-corrected chi connectivity index (χ4v) is 6.45. The number of quaternary nitrogens is 1. The highest BCUT2D eigenvalue weighted by Crippen LogP contribution is 2.43. The van der Waals surface area contributed by atoms with Crippen LogP contribution in [0, 0.1) is 0 Å². The Labute approximate surface area is 315 Å². The number of hydrogen-bond acceptors (Lipinski definition) is 5. The zero-order chi connectivity index (χ0) is 37.9. The smallest absolute Gasteiger partial charge is 0.387 e. The van der Waals surface area contributed by atoms with E-state index >= 15 is 0 Å². The van der Waals surface area contributed by atoms with Crippen LogP contribution in [0.25, 0.3) is 0 Å². The number of nitrogens with one attached hydrogen (secondary N) is 1. The molecule has 0 aliphatic carbocycles. The van der Waals surface area contributed by atoms with E-state index in [1.54, 1.807) is 6.08 Å². The van der Waals surface area contributed by atoms with Gasteiger partial charge in [-0.3, -0.25) is 13.8 Å². The number of carbonyl (C=O) groups is 1. The van der Waals surface area contributed by atoms with Gasteiger partial charge in [0.15, 0.2) is 0 Å². The molecule has 8 nitrogen and oxygen atoms in total. The third-order valence-corrected chi connectivity index (χ3v) is 10.1. The summed E-state index contributed by atoms with van der Waals surface area (Å²) in [6, 6.07) is -0.864. The molecule has 0 saturated heterocycles. The average Bonchev–Trinajstić information content (AvgIpc) is 3.07. The van der Waals surface area contributed by atoms with Crippen LogP contribution >= 0.6 is 7.82 Å². The topological polar surface area (TPSA) is 105 Å². The van der Waals surface area contributed by atoms with E-state index in [2.05, 4.69) is 43.5 Å². The molecule has 0 fully saturated rings. The molecule has 0 bridgehead atoms. The van der Waals surface area contributed by atoms with Crippen LogP contribution in [0.3, 0.4) is 0 Å². The predicted octanol–water partition coefficient (Wildman–Crippen LogP) is 11.1. The quantitative estimate of drug-likeness (QED) is 0.0253. The van der Waals surface area contributed by atoms with Gasteiger partial charge in [-0.05, 0) is 44.9 Å². The van der Waals surface area contributed by atoms with Crippen LogP contribution in [0.5, 0.6) is 0 Å². The monoisotopic (exact) mass is 742 g/mol. The van der Waals surface area contributed by atoms with Crippen LogP contribution in [-0.2, 0) is 18.4 Å². The second kappa shape index (κ2) is 34.5. The lowest BCUT2D eigenvalue weighted by molar-refractivity contribution is -0.870. The van der Waals surface area contributed by atoms with Gasteiger partial charge in [-0.2, -0.15) is 0 Å². The molecule has 0 rings (SSSR count). The molecule has 0 spiro atoms. The number of amides is 1. The fourth-order valence-electron chi connectivity index (χ4n) is 5.72. The number of nitrogens with zero attached hydrogens (tertiary/aromatic N) is 1. The van der Waals surface area contributed by atoms with E-state index in [0.29, 0.717) is 17.4 Å². The van der Waals surface area contributed by atoms with Gasteiger partial charge in [-0.25, -0.2) is 4.57 Å². The van der Waals surface area contributed by atoms with Crippen molar-refractivity contribution in [3.8, 4) is 0 Å². The summed E-state index contributed by atoms with van der Waals surface area (Å²) >= 11 is 0. The van der Waals surface area contributed by atoms with Crippen LogP contribution in [0.1, 0.15) is 174 Å². The van der Waals surface area contributed by atoms with Crippen LogP contribution in [-0.4, -0.2) is 73.4 Å². The van der Waals surface area contributed by atoms with Crippen LogP contribution < -0.4 is 5.32 Å². The standard InChI is InChI=1S/C42H81N2O6P/c1-6-8-10-12-14-16-18-19-20-21-22-23-24-25-26-27-29-31-33-35-41(45)40(39-50-51(47,48)49-38-37-44(3,4)5)43-42(46)36-34-32-30-28-17-15-13-11-9-7-2/h22-23,26-27,33,35,40-41,45H,6-21,24-25,28-32,34,36-39H2,1-5H3,(H-,43,46,47,48)/p+1/b23-22+,27-26+,35-33+. The molecule has 3 atom stereocenters. The van der Waals surface area contributed by atoms with E-state index < -0.39 is 20.0 Å². The van der Waals surface area contributed by atoms with Crippen molar-refractivity contribution in [1.82, 2.24) is 5.32 Å². The Morgan fingerprint density at radius 3 is 1.57 bits per heavy atom. The summed E-state index contributed by atoms with van der Waals surface area (Å²) in [4.78, 5) is 23.0. The molecule has 0 aliphatic rings. The number of carbonyl (C=O) groups excluding carboxylic acids is 1. The molecule has 0 aliphatic heterocycles. The van der Waals surface area contributed by atoms with Crippen molar-refractivity contribution >= 4 is 13.7 Å². The number of rotatable bonds is 37. The molecular formula is C42H82N2O6P+. The predicted molar refractivity (Wildman–Crippen MR) is 217 cm³/mol. The summed E-state index contributed by atoms with van der Waals surface area (Å²) < 4.78 is 23.4. The van der Waals surface area contributed by atoms with Gasteiger partial charge >= 0.3 is 7.82 Å². The lowest BCUT2D eigenvalue weighted by Gasteiger charge is -2.25. The largest absolute Gasteiger partial charge is 0.472 e. The summed E-state index contributed by atoms with van der Waals surface area (Å²) in [5.74, 6) is -0.195. The van der Waals surface area contributed by atoms with E-state index in [1.165, 1.54) is 109 Å². The van der Waals surface area contributed by atoms with Crippen LogP contribution in [0.2, 0.25) is 0 Å². The third-order valence-electron chi connectivity index (χ3n) is 9.09. The van der Waals surface area contributed by atoms with Gasteiger partial charge in [0, 0.05) is 6.42 Å². The van der Waals surface area contributed by atoms with Gasteiger partial charge < -0.3 is 19.8 Å². The minimum absolute atomic E-state index is 0.0542. The lowest BCUT2D eigenvalue weighted by Crippen LogP contribution is -2.45. The molecule has 0 heterocycles. The first-order valence-electron chi connectivity index (χ1n) is 20.9. The molecule has 0 radical (unpaired) electrons. The van der Waals surface area contributed by atoms with Crippen molar-refractivity contribution < 1.29 is 32.9 Å². The van der Waals surface area contributed by atoms with Crippen molar-refractivity contribution in [2.75, 3.05) is 40.9 Å². The number of likely N-dealkylation sites (N-methyl/N-ethyl adjacent to an activating group) is 1. The maximum atomic E-state index is 12.8. The Balaban J connectivity index is 4.52. The number of phosphoric ester groups is 1. The minimum Gasteiger partial charge on any atom is -0.387 e. The van der Waals surface area contributed by atoms with Crippen molar-refractivity contribution in [2.24, 2.45) is 0 Å². The Hall–Kier alpha value is -1.28. The summed E-state index contributed by atoms with van der Waals surface area (Å²) in [7, 11) is 1.54. The molecule has 0 aromatic rings. The number of aliphatic hydroxyl groups excluding tert-OH is 1. The fraction of sp³-hybridized carbons (Fsp3) is 0.833. The van der Waals surface area contributed by atoms with Gasteiger partial charge in [0.2, 0.25) is 5.91 Å². The van der Waals surface area contributed by atoms with Crippen LogP contribution in [0.15, 0.2) is 36.5 Å². The zero-order valence-corrected chi connectivity index (χ0v) is 34.7. The first kappa shape index (κ1) is 49.7. The van der Waals surface area contributed by atoms with Gasteiger partial charge in [0.1, 0.15) is 13.2 Å². The molecule has 3 N–H and O–H groups in total. The normalized spacial score (nSPS) is 14.9. The van der Waals surface area contributed by atoms with E-state index in [-0.39, 0.29) is 19.1 Å². The molecule has 3 unspecified atom stereocenters. The second-order valence-electron chi connectivity index (χ2n) is 15.4. The maximum absolute atomic E-state index is 12.8. The van der Waals surface area contributed by atoms with E-state index in [9.17, 15) is 19.4 Å². The van der Waals surface area contributed by atoms with E-state index in [1.807, 2.05) is 27.2 Å². The molecule has 0 aromatic carbocycles. The summed E-state index contributed by atoms with van der Waals surface area (Å²) in [6.07, 6.45) is 40.7. The summed E-state index contributed by atoms with van der Waals surface area (Å²) in [5.41, 5.74) is 0. The molecule has 300 valence electrons. The molecule has 51 heavy (non-hydrogen) atoms. The van der Waals surface area contributed by atoms with E-state index in [0.717, 1.165) is 44.9 Å². The van der Waals surface area contributed by atoms with Gasteiger partial charge in [-0.15, -0.1) is 0 Å². The van der Waals surface area contributed by atoms with Gasteiger partial charge in [-0.1, -0.05) is 159 Å². The Kier molecular flexibility index (Phi) is 33.6. The average molecular weight is 742 g/mol. The molecular weight excluding hydrogens is 659 g/mol. The number of allylic oxidation sites excluding steroid dienone is 5. The molecule has 0 aromatic heterocycles.